The SMILES string of the molecule is CCCC(C)NC(=O)COc1cc(OC)ccc1C(=O)O. The molecule has 1 atom stereocenters. The zero-order chi connectivity index (χ0) is 15.8. The van der Waals surface area contributed by atoms with E-state index in [4.69, 9.17) is 14.6 Å². The Kier molecular flexibility index (Phi) is 6.52. The summed E-state index contributed by atoms with van der Waals surface area (Å²) >= 11 is 0. The van der Waals surface area contributed by atoms with Crippen LogP contribution in [0, 0.1) is 0 Å². The van der Waals surface area contributed by atoms with Gasteiger partial charge in [0.05, 0.1) is 7.11 Å². The van der Waals surface area contributed by atoms with Gasteiger partial charge in [-0.25, -0.2) is 4.79 Å². The number of carbonyl (C=O) groups excluding carboxylic acids is 1. The maximum atomic E-state index is 11.7. The third-order valence-corrected chi connectivity index (χ3v) is 2.91. The Morgan fingerprint density at radius 2 is 2.10 bits per heavy atom. The highest BCUT2D eigenvalue weighted by molar-refractivity contribution is 5.91. The Morgan fingerprint density at radius 3 is 2.67 bits per heavy atom. The van der Waals surface area contributed by atoms with Gasteiger partial charge in [0.1, 0.15) is 17.1 Å². The molecule has 0 aliphatic rings. The minimum Gasteiger partial charge on any atom is -0.497 e. The van der Waals surface area contributed by atoms with Gasteiger partial charge in [-0.15, -0.1) is 0 Å². The summed E-state index contributed by atoms with van der Waals surface area (Å²) in [5.41, 5.74) is -0.00907. The van der Waals surface area contributed by atoms with Crippen LogP contribution in [-0.2, 0) is 4.79 Å². The molecule has 21 heavy (non-hydrogen) atoms. The van der Waals surface area contributed by atoms with Gasteiger partial charge in [0.25, 0.3) is 5.91 Å². The molecule has 116 valence electrons. The molecule has 6 heteroatoms. The molecule has 0 aromatic heterocycles. The Labute approximate surface area is 124 Å². The van der Waals surface area contributed by atoms with Gasteiger partial charge in [0, 0.05) is 12.1 Å². The monoisotopic (exact) mass is 295 g/mol. The van der Waals surface area contributed by atoms with Crippen LogP contribution < -0.4 is 14.8 Å². The van der Waals surface area contributed by atoms with Crippen molar-refractivity contribution in [1.82, 2.24) is 5.32 Å². The van der Waals surface area contributed by atoms with Crippen LogP contribution in [-0.4, -0.2) is 36.7 Å². The second-order valence-corrected chi connectivity index (χ2v) is 4.71. The number of carboxylic acids is 1. The first kappa shape index (κ1) is 16.8. The van der Waals surface area contributed by atoms with Crippen molar-refractivity contribution in [3.63, 3.8) is 0 Å². The van der Waals surface area contributed by atoms with Crippen LogP contribution in [0.3, 0.4) is 0 Å². The summed E-state index contributed by atoms with van der Waals surface area (Å²) in [6.45, 7) is 3.71. The second-order valence-electron chi connectivity index (χ2n) is 4.71. The lowest BCUT2D eigenvalue weighted by Gasteiger charge is -2.14. The number of carboxylic acid groups (broad SMARTS) is 1. The Hall–Kier alpha value is -2.24. The average molecular weight is 295 g/mol. The highest BCUT2D eigenvalue weighted by atomic mass is 16.5. The van der Waals surface area contributed by atoms with Crippen molar-refractivity contribution in [3.05, 3.63) is 23.8 Å². The number of amides is 1. The fourth-order valence-corrected chi connectivity index (χ4v) is 1.89. The lowest BCUT2D eigenvalue weighted by Crippen LogP contribution is -2.36. The van der Waals surface area contributed by atoms with Crippen molar-refractivity contribution in [1.29, 1.82) is 0 Å². The standard InChI is InChI=1S/C15H21NO5/c1-4-5-10(2)16-14(17)9-21-13-8-11(20-3)6-7-12(13)15(18)19/h6-8,10H,4-5,9H2,1-3H3,(H,16,17)(H,18,19). The predicted octanol–water partition coefficient (Wildman–Crippen LogP) is 2.08. The normalized spacial score (nSPS) is 11.6. The van der Waals surface area contributed by atoms with E-state index in [0.717, 1.165) is 12.8 Å². The van der Waals surface area contributed by atoms with Gasteiger partial charge in [-0.05, 0) is 25.5 Å². The first-order chi connectivity index (χ1) is 9.97. The Morgan fingerprint density at radius 1 is 1.38 bits per heavy atom. The first-order valence-corrected chi connectivity index (χ1v) is 6.81. The van der Waals surface area contributed by atoms with Gasteiger partial charge in [-0.2, -0.15) is 0 Å². The van der Waals surface area contributed by atoms with Crippen LogP contribution in [0.25, 0.3) is 0 Å². The van der Waals surface area contributed by atoms with Crippen molar-refractivity contribution in [2.75, 3.05) is 13.7 Å². The number of methoxy groups -OCH3 is 1. The maximum absolute atomic E-state index is 11.7. The summed E-state index contributed by atoms with van der Waals surface area (Å²) in [4.78, 5) is 22.8. The molecule has 1 amide bonds. The molecule has 0 aliphatic heterocycles. The molecule has 0 fully saturated rings. The Bertz CT molecular complexity index is 501. The van der Waals surface area contributed by atoms with E-state index in [1.807, 2.05) is 13.8 Å². The summed E-state index contributed by atoms with van der Waals surface area (Å²) < 4.78 is 10.3. The molecule has 0 bridgehead atoms. The lowest BCUT2D eigenvalue weighted by molar-refractivity contribution is -0.123. The summed E-state index contributed by atoms with van der Waals surface area (Å²) in [6.07, 6.45) is 1.85. The molecule has 0 aliphatic carbocycles. The molecule has 1 aromatic carbocycles. The van der Waals surface area contributed by atoms with Crippen molar-refractivity contribution in [2.45, 2.75) is 32.7 Å². The smallest absolute Gasteiger partial charge is 0.339 e. The third-order valence-electron chi connectivity index (χ3n) is 2.91. The minimum absolute atomic E-state index is 0.00907. The first-order valence-electron chi connectivity index (χ1n) is 6.81. The lowest BCUT2D eigenvalue weighted by atomic mass is 10.2. The number of hydrogen-bond acceptors (Lipinski definition) is 4. The van der Waals surface area contributed by atoms with E-state index in [9.17, 15) is 9.59 Å². The van der Waals surface area contributed by atoms with Gasteiger partial charge in [-0.3, -0.25) is 4.79 Å². The van der Waals surface area contributed by atoms with Crippen molar-refractivity contribution in [3.8, 4) is 11.5 Å². The van der Waals surface area contributed by atoms with Crippen LogP contribution in [0.15, 0.2) is 18.2 Å². The van der Waals surface area contributed by atoms with Crippen LogP contribution in [0.1, 0.15) is 37.0 Å². The van der Waals surface area contributed by atoms with Gasteiger partial charge in [0.2, 0.25) is 0 Å². The fourth-order valence-electron chi connectivity index (χ4n) is 1.89. The largest absolute Gasteiger partial charge is 0.497 e. The predicted molar refractivity (Wildman–Crippen MR) is 78.0 cm³/mol. The van der Waals surface area contributed by atoms with Gasteiger partial charge in [-0.1, -0.05) is 13.3 Å². The van der Waals surface area contributed by atoms with E-state index in [2.05, 4.69) is 5.32 Å². The van der Waals surface area contributed by atoms with E-state index >= 15 is 0 Å². The van der Waals surface area contributed by atoms with E-state index in [1.165, 1.54) is 25.3 Å². The molecular formula is C15H21NO5. The van der Waals surface area contributed by atoms with Crippen LogP contribution >= 0.6 is 0 Å². The zero-order valence-corrected chi connectivity index (χ0v) is 12.5. The number of hydrogen-bond donors (Lipinski definition) is 2. The van der Waals surface area contributed by atoms with Gasteiger partial charge >= 0.3 is 5.97 Å². The highest BCUT2D eigenvalue weighted by Crippen LogP contribution is 2.24. The molecule has 6 nitrogen and oxygen atoms in total. The molecule has 0 saturated carbocycles. The third kappa shape index (κ3) is 5.33. The molecule has 1 unspecified atom stereocenters. The number of carbonyl (C=O) groups is 2. The van der Waals surface area contributed by atoms with E-state index < -0.39 is 5.97 Å². The number of nitrogens with one attached hydrogen (secondary N) is 1. The summed E-state index contributed by atoms with van der Waals surface area (Å²) in [5, 5.41) is 11.9. The molecule has 0 spiro atoms. The van der Waals surface area contributed by atoms with Gasteiger partial charge < -0.3 is 19.9 Å². The van der Waals surface area contributed by atoms with Gasteiger partial charge in [0.15, 0.2) is 6.61 Å². The molecule has 1 rings (SSSR count). The van der Waals surface area contributed by atoms with Crippen molar-refractivity contribution >= 4 is 11.9 Å². The molecule has 0 radical (unpaired) electrons. The summed E-state index contributed by atoms with van der Waals surface area (Å²) in [5.74, 6) is -0.822. The quantitative estimate of drug-likeness (QED) is 0.767. The van der Waals surface area contributed by atoms with Crippen LogP contribution in [0.2, 0.25) is 0 Å². The number of benzene rings is 1. The number of ether oxygens (including phenoxy) is 2. The summed E-state index contributed by atoms with van der Waals surface area (Å²) in [7, 11) is 1.47. The van der Waals surface area contributed by atoms with Crippen LogP contribution in [0.5, 0.6) is 11.5 Å². The molecule has 1 aromatic rings. The van der Waals surface area contributed by atoms with E-state index in [1.54, 1.807) is 0 Å². The van der Waals surface area contributed by atoms with Crippen molar-refractivity contribution < 1.29 is 24.2 Å². The van der Waals surface area contributed by atoms with E-state index in [0.29, 0.717) is 5.75 Å². The second kappa shape index (κ2) is 8.14. The van der Waals surface area contributed by atoms with Crippen molar-refractivity contribution in [2.24, 2.45) is 0 Å². The highest BCUT2D eigenvalue weighted by Gasteiger charge is 2.14. The fraction of sp³-hybridized carbons (Fsp3) is 0.467. The molecule has 0 heterocycles. The maximum Gasteiger partial charge on any atom is 0.339 e. The zero-order valence-electron chi connectivity index (χ0n) is 12.5. The topological polar surface area (TPSA) is 84.9 Å². The molecule has 2 N–H and O–H groups in total. The van der Waals surface area contributed by atoms with E-state index in [-0.39, 0.29) is 29.9 Å². The van der Waals surface area contributed by atoms with Crippen LogP contribution in [0.4, 0.5) is 0 Å². The summed E-state index contributed by atoms with van der Waals surface area (Å²) in [6, 6.07) is 4.43. The Balaban J connectivity index is 2.69. The minimum atomic E-state index is -1.12. The average Bonchev–Trinajstić information content (AvgIpc) is 2.44. The number of rotatable bonds is 8. The molecule has 0 saturated heterocycles. The molecular weight excluding hydrogens is 274 g/mol. The number of aromatic carboxylic acids is 1.